The lowest BCUT2D eigenvalue weighted by Gasteiger charge is -2.18. The minimum Gasteiger partial charge on any atom is -0.462 e. The first kappa shape index (κ1) is 61.6. The summed E-state index contributed by atoms with van der Waals surface area (Å²) >= 11 is 0. The number of hydrogen-bond acceptors (Lipinski definition) is 6. The van der Waals surface area contributed by atoms with Gasteiger partial charge in [0.15, 0.2) is 6.10 Å². The SMILES string of the molecule is CC/C=C\C/C=C\C/C=C\C/C=C\CCCCCCCCC(=O)OC(COC(=O)CCCCCCC)COC(=O)CCCCCCCCCC/C=C\C/C=C\C/C=C\CCCCCCC. The summed E-state index contributed by atoms with van der Waals surface area (Å²) in [5, 5.41) is 0. The molecule has 1 unspecified atom stereocenters. The number of rotatable bonds is 48. The van der Waals surface area contributed by atoms with Crippen LogP contribution in [0.3, 0.4) is 0 Å². The Hall–Kier alpha value is -3.41. The van der Waals surface area contributed by atoms with E-state index in [4.69, 9.17) is 14.2 Å². The van der Waals surface area contributed by atoms with Crippen LogP contribution in [0.15, 0.2) is 85.1 Å². The van der Waals surface area contributed by atoms with Crippen molar-refractivity contribution in [3.05, 3.63) is 85.1 Å². The number of ether oxygens (including phenoxy) is 3. The fourth-order valence-electron chi connectivity index (χ4n) is 7.32. The molecule has 6 heteroatoms. The Bertz CT molecular complexity index is 1270. The summed E-state index contributed by atoms with van der Waals surface area (Å²) in [6.45, 7) is 6.41. The Balaban J connectivity index is 4.18. The predicted octanol–water partition coefficient (Wildman–Crippen LogP) is 18.0. The van der Waals surface area contributed by atoms with Gasteiger partial charge in [0, 0.05) is 19.3 Å². The van der Waals surface area contributed by atoms with Gasteiger partial charge in [0.2, 0.25) is 0 Å². The molecule has 0 amide bonds. The fourth-order valence-corrected chi connectivity index (χ4v) is 7.32. The van der Waals surface area contributed by atoms with Crippen molar-refractivity contribution in [3.8, 4) is 0 Å². The van der Waals surface area contributed by atoms with Crippen molar-refractivity contribution < 1.29 is 28.6 Å². The van der Waals surface area contributed by atoms with Gasteiger partial charge in [0.05, 0.1) is 0 Å². The second-order valence-electron chi connectivity index (χ2n) is 17.8. The maximum Gasteiger partial charge on any atom is 0.306 e. The second-order valence-corrected chi connectivity index (χ2v) is 17.8. The molecule has 0 aromatic rings. The molecule has 0 fully saturated rings. The first-order valence-corrected chi connectivity index (χ1v) is 27.1. The number of hydrogen-bond donors (Lipinski definition) is 0. The monoisotopic (exact) mass is 905 g/mol. The van der Waals surface area contributed by atoms with E-state index in [0.717, 1.165) is 122 Å². The van der Waals surface area contributed by atoms with Gasteiger partial charge < -0.3 is 14.2 Å². The van der Waals surface area contributed by atoms with Crippen LogP contribution in [0, 0.1) is 0 Å². The first-order valence-electron chi connectivity index (χ1n) is 27.1. The van der Waals surface area contributed by atoms with E-state index in [-0.39, 0.29) is 31.1 Å². The molecule has 372 valence electrons. The third-order valence-corrected chi connectivity index (χ3v) is 11.4. The molecule has 0 saturated heterocycles. The highest BCUT2D eigenvalue weighted by atomic mass is 16.6. The Morgan fingerprint density at radius 2 is 0.600 bits per heavy atom. The van der Waals surface area contributed by atoms with E-state index >= 15 is 0 Å². The predicted molar refractivity (Wildman–Crippen MR) is 279 cm³/mol. The van der Waals surface area contributed by atoms with Crippen LogP contribution in [0.4, 0.5) is 0 Å². The third kappa shape index (κ3) is 51.4. The average Bonchev–Trinajstić information content (AvgIpc) is 3.30. The van der Waals surface area contributed by atoms with E-state index in [1.165, 1.54) is 89.9 Å². The minimum absolute atomic E-state index is 0.0861. The average molecular weight is 905 g/mol. The molecule has 0 saturated carbocycles. The topological polar surface area (TPSA) is 78.9 Å². The molecule has 65 heavy (non-hydrogen) atoms. The second kappa shape index (κ2) is 53.2. The molecule has 0 aliphatic carbocycles. The van der Waals surface area contributed by atoms with Crippen molar-refractivity contribution in [2.45, 2.75) is 258 Å². The molecule has 0 heterocycles. The van der Waals surface area contributed by atoms with Gasteiger partial charge >= 0.3 is 17.9 Å². The zero-order valence-corrected chi connectivity index (χ0v) is 42.5. The van der Waals surface area contributed by atoms with Gasteiger partial charge in [-0.1, -0.05) is 221 Å². The van der Waals surface area contributed by atoms with Gasteiger partial charge in [-0.05, 0) is 96.3 Å². The van der Waals surface area contributed by atoms with Crippen molar-refractivity contribution in [3.63, 3.8) is 0 Å². The summed E-state index contributed by atoms with van der Waals surface area (Å²) in [5.41, 5.74) is 0. The smallest absolute Gasteiger partial charge is 0.306 e. The molecule has 0 bridgehead atoms. The number of unbranched alkanes of at least 4 members (excludes halogenated alkanes) is 23. The maximum atomic E-state index is 12.8. The lowest BCUT2D eigenvalue weighted by molar-refractivity contribution is -0.167. The molecule has 0 rings (SSSR count). The molecule has 0 spiro atoms. The highest BCUT2D eigenvalue weighted by Crippen LogP contribution is 2.14. The standard InChI is InChI=1S/C59H100O6/c1-4-7-10-13-15-17-19-21-23-25-27-28-29-30-32-33-35-37-39-41-43-46-49-52-58(61)64-55-56(54-63-57(60)51-48-45-12-9-6-3)65-59(62)53-50-47-44-42-40-38-36-34-31-26-24-22-20-18-16-14-11-8-5-2/h8,11,16,18-19,21-22,24-25,27,29-31,34,56H,4-7,9-10,12-15,17,20,23,26,28,32-33,35-55H2,1-3H3/b11-8-,18-16-,21-19-,24-22-,27-25-,30-29-,34-31-. The maximum absolute atomic E-state index is 12.8. The quantitative estimate of drug-likeness (QED) is 0.0262. The lowest BCUT2D eigenvalue weighted by atomic mass is 10.1. The molecule has 0 N–H and O–H groups in total. The summed E-state index contributed by atoms with van der Waals surface area (Å²) in [6.07, 6.45) is 68.9. The molecule has 1 atom stereocenters. The zero-order chi connectivity index (χ0) is 47.2. The van der Waals surface area contributed by atoms with Crippen molar-refractivity contribution >= 4 is 17.9 Å². The van der Waals surface area contributed by atoms with Gasteiger partial charge in [0.1, 0.15) is 13.2 Å². The van der Waals surface area contributed by atoms with Crippen LogP contribution in [0.1, 0.15) is 252 Å². The molecule has 0 aromatic heterocycles. The molecular formula is C59H100O6. The van der Waals surface area contributed by atoms with Crippen LogP contribution in [-0.2, 0) is 28.6 Å². The Morgan fingerprint density at radius 1 is 0.323 bits per heavy atom. The minimum atomic E-state index is -0.784. The number of carbonyl (C=O) groups is 3. The van der Waals surface area contributed by atoms with Crippen LogP contribution in [0.5, 0.6) is 0 Å². The van der Waals surface area contributed by atoms with Crippen molar-refractivity contribution in [2.75, 3.05) is 13.2 Å². The first-order chi connectivity index (χ1) is 32.0. The molecule has 0 aliphatic rings. The molecular weight excluding hydrogens is 805 g/mol. The van der Waals surface area contributed by atoms with Crippen LogP contribution >= 0.6 is 0 Å². The van der Waals surface area contributed by atoms with Gasteiger partial charge in [-0.2, -0.15) is 0 Å². The van der Waals surface area contributed by atoms with E-state index < -0.39 is 6.10 Å². The molecule has 0 aliphatic heterocycles. The number of allylic oxidation sites excluding steroid dienone is 14. The van der Waals surface area contributed by atoms with Crippen molar-refractivity contribution in [1.82, 2.24) is 0 Å². The Labute approximate surface area is 401 Å². The van der Waals surface area contributed by atoms with E-state index in [1.54, 1.807) is 0 Å². The highest BCUT2D eigenvalue weighted by molar-refractivity contribution is 5.71. The lowest BCUT2D eigenvalue weighted by Crippen LogP contribution is -2.30. The zero-order valence-electron chi connectivity index (χ0n) is 42.5. The molecule has 0 aromatic carbocycles. The van der Waals surface area contributed by atoms with Gasteiger partial charge in [-0.25, -0.2) is 0 Å². The highest BCUT2D eigenvalue weighted by Gasteiger charge is 2.19. The number of carbonyl (C=O) groups excluding carboxylic acids is 3. The van der Waals surface area contributed by atoms with Crippen LogP contribution in [-0.4, -0.2) is 37.2 Å². The largest absolute Gasteiger partial charge is 0.462 e. The van der Waals surface area contributed by atoms with Crippen LogP contribution in [0.25, 0.3) is 0 Å². The van der Waals surface area contributed by atoms with E-state index in [1.807, 2.05) is 0 Å². The normalized spacial score (nSPS) is 12.7. The summed E-state index contributed by atoms with van der Waals surface area (Å²) < 4.78 is 16.7. The van der Waals surface area contributed by atoms with Gasteiger partial charge in [-0.3, -0.25) is 14.4 Å². The van der Waals surface area contributed by atoms with Crippen molar-refractivity contribution in [1.29, 1.82) is 0 Å². The van der Waals surface area contributed by atoms with E-state index in [9.17, 15) is 14.4 Å². The summed E-state index contributed by atoms with van der Waals surface area (Å²) in [7, 11) is 0. The Morgan fingerprint density at radius 3 is 0.938 bits per heavy atom. The molecule has 6 nitrogen and oxygen atoms in total. The fraction of sp³-hybridized carbons (Fsp3) is 0.712. The van der Waals surface area contributed by atoms with E-state index in [0.29, 0.717) is 19.3 Å². The number of esters is 3. The van der Waals surface area contributed by atoms with Crippen LogP contribution in [0.2, 0.25) is 0 Å². The van der Waals surface area contributed by atoms with E-state index in [2.05, 4.69) is 106 Å². The molecule has 0 radical (unpaired) electrons. The van der Waals surface area contributed by atoms with Gasteiger partial charge in [-0.15, -0.1) is 0 Å². The summed E-state index contributed by atoms with van der Waals surface area (Å²) in [5.74, 6) is -0.921. The van der Waals surface area contributed by atoms with Gasteiger partial charge in [0.25, 0.3) is 0 Å². The Kier molecular flexibility index (Phi) is 50.4. The van der Waals surface area contributed by atoms with Crippen LogP contribution < -0.4 is 0 Å². The van der Waals surface area contributed by atoms with Crippen molar-refractivity contribution in [2.24, 2.45) is 0 Å². The summed E-state index contributed by atoms with van der Waals surface area (Å²) in [6, 6.07) is 0. The summed E-state index contributed by atoms with van der Waals surface area (Å²) in [4.78, 5) is 37.7. The third-order valence-electron chi connectivity index (χ3n) is 11.4.